The second-order valence-electron chi connectivity index (χ2n) is 23.2. The number of rotatable bonds is 36. The van der Waals surface area contributed by atoms with E-state index in [2.05, 4.69) is 91.8 Å². The van der Waals surface area contributed by atoms with Crippen LogP contribution in [0.2, 0.25) is 0 Å². The Morgan fingerprint density at radius 1 is 0.392 bits per heavy atom. The van der Waals surface area contributed by atoms with Crippen LogP contribution in [-0.2, 0) is 73.3 Å². The van der Waals surface area contributed by atoms with Crippen molar-refractivity contribution in [1.82, 2.24) is 0 Å². The normalized spacial score (nSPS) is 16.3. The maximum Gasteiger partial charge on any atom is 2.00 e. The molecule has 0 heterocycles. The molecule has 0 aliphatic heterocycles. The first kappa shape index (κ1) is 69.2. The molecule has 2 aliphatic carbocycles. The van der Waals surface area contributed by atoms with Crippen molar-refractivity contribution in [3.8, 4) is 23.0 Å². The molecule has 0 fully saturated rings. The van der Waals surface area contributed by atoms with Crippen molar-refractivity contribution in [2.75, 3.05) is 0 Å². The molecule has 11 heteroatoms. The van der Waals surface area contributed by atoms with Crippen LogP contribution in [0.25, 0.3) is 0 Å². The third-order valence-corrected chi connectivity index (χ3v) is 17.8. The van der Waals surface area contributed by atoms with Gasteiger partial charge in [0.25, 0.3) is 0 Å². The average molecular weight is 1150 g/mol. The van der Waals surface area contributed by atoms with Crippen LogP contribution in [0.5, 0.6) is 23.0 Å². The first-order valence-corrected chi connectivity index (χ1v) is 34.6. The molecule has 4 atom stereocenters. The number of benzene rings is 4. The summed E-state index contributed by atoms with van der Waals surface area (Å²) in [6.07, 6.45) is 36.5. The zero-order valence-electron chi connectivity index (χ0n) is 50.8. The van der Waals surface area contributed by atoms with Crippen molar-refractivity contribution < 1.29 is 37.0 Å². The van der Waals surface area contributed by atoms with Gasteiger partial charge in [-0.1, -0.05) is 207 Å². The molecule has 4 aromatic carbocycles. The van der Waals surface area contributed by atoms with E-state index in [1.54, 1.807) is 0 Å². The van der Waals surface area contributed by atoms with Crippen LogP contribution in [0.1, 0.15) is 265 Å². The Bertz CT molecular complexity index is 2300. The first-order valence-electron chi connectivity index (χ1n) is 31.7. The van der Waals surface area contributed by atoms with E-state index in [0.717, 1.165) is 200 Å². The standard InChI is InChI=1S/2C34H53O4P.Ca/c2*1-5-9-12-16-28-20-22-33(30(23-28)18-14-11-7-3)37-39(35,36)38-34-31-21-19-27(15-8-4)24-32(34)26-29(25-31)17-13-10-6-2;/h2*20,22-23,25-27H,5-19,21,24H2,1-4H3,(H,35,36);/q;;+2/p-2. The number of fused-ring (bicyclic) bond motifs is 4. The minimum atomic E-state index is -4.62. The summed E-state index contributed by atoms with van der Waals surface area (Å²) in [4.78, 5) is 26.8. The van der Waals surface area contributed by atoms with Crippen LogP contribution in [0, 0.1) is 11.8 Å². The maximum atomic E-state index is 13.4. The van der Waals surface area contributed by atoms with Crippen LogP contribution < -0.4 is 27.9 Å². The van der Waals surface area contributed by atoms with E-state index < -0.39 is 15.6 Å². The second kappa shape index (κ2) is 37.8. The molecular formula is C68H104CaO8P2. The van der Waals surface area contributed by atoms with Crippen molar-refractivity contribution in [2.24, 2.45) is 11.8 Å². The molecule has 6 rings (SSSR count). The summed E-state index contributed by atoms with van der Waals surface area (Å²) in [5.41, 5.74) is 11.1. The van der Waals surface area contributed by atoms with Gasteiger partial charge in [-0.25, -0.2) is 9.13 Å². The average Bonchev–Trinajstić information content (AvgIpc) is 3.60. The fraction of sp³-hybridized carbons (Fsp3) is 0.647. The fourth-order valence-corrected chi connectivity index (χ4v) is 13.6. The van der Waals surface area contributed by atoms with Gasteiger partial charge in [0, 0.05) is 0 Å². The van der Waals surface area contributed by atoms with Gasteiger partial charge in [0.15, 0.2) is 0 Å². The molecular weight excluding hydrogens is 1050 g/mol. The number of phosphoric ester groups is 2. The van der Waals surface area contributed by atoms with E-state index >= 15 is 0 Å². The summed E-state index contributed by atoms with van der Waals surface area (Å²) in [6, 6.07) is 20.8. The summed E-state index contributed by atoms with van der Waals surface area (Å²) in [6.45, 7) is 17.7. The van der Waals surface area contributed by atoms with Crippen LogP contribution in [0.15, 0.2) is 60.7 Å². The van der Waals surface area contributed by atoms with E-state index in [1.807, 2.05) is 24.3 Å². The maximum absolute atomic E-state index is 13.4. The van der Waals surface area contributed by atoms with Gasteiger partial charge in [0.2, 0.25) is 0 Å². The van der Waals surface area contributed by atoms with Gasteiger partial charge < -0.3 is 27.9 Å². The van der Waals surface area contributed by atoms with Gasteiger partial charge in [-0.15, -0.1) is 0 Å². The van der Waals surface area contributed by atoms with E-state index in [0.29, 0.717) is 34.8 Å². The van der Waals surface area contributed by atoms with Crippen LogP contribution >= 0.6 is 15.6 Å². The van der Waals surface area contributed by atoms with Crippen LogP contribution in [0.3, 0.4) is 0 Å². The second-order valence-corrected chi connectivity index (χ2v) is 25.7. The van der Waals surface area contributed by atoms with Crippen molar-refractivity contribution in [3.63, 3.8) is 0 Å². The summed E-state index contributed by atoms with van der Waals surface area (Å²) in [5, 5.41) is 0. The Morgan fingerprint density at radius 3 is 1.04 bits per heavy atom. The van der Waals surface area contributed by atoms with Crippen LogP contribution in [0.4, 0.5) is 0 Å². The summed E-state index contributed by atoms with van der Waals surface area (Å²) in [5.74, 6) is 2.99. The predicted molar refractivity (Wildman–Crippen MR) is 329 cm³/mol. The topological polar surface area (TPSA) is 117 Å². The molecule has 4 bridgehead atoms. The molecule has 0 N–H and O–H groups in total. The van der Waals surface area contributed by atoms with Crippen LogP contribution in [-0.4, -0.2) is 37.7 Å². The Labute approximate surface area is 511 Å². The molecule has 0 radical (unpaired) electrons. The molecule has 8 nitrogen and oxygen atoms in total. The SMILES string of the molecule is CCCCCc1ccc(OP(=O)([O-])Oc2c3cc(CCCCC)cc2CC(CCC)CC3)c(CCCCC)c1.CCCCCc1ccc(OP(=O)([O-])Oc2c3cc(CCCCC)cc2CC(CCC)CC3)c(CCCCC)c1.[Ca+2]. The number of hydrogen-bond donors (Lipinski definition) is 0. The molecule has 436 valence electrons. The van der Waals surface area contributed by atoms with Crippen molar-refractivity contribution in [1.29, 1.82) is 0 Å². The van der Waals surface area contributed by atoms with Crippen molar-refractivity contribution >= 4 is 53.4 Å². The third kappa shape index (κ3) is 24.5. The Hall–Kier alpha value is -2.28. The Balaban J connectivity index is 0.000000336. The van der Waals surface area contributed by atoms with Gasteiger partial charge in [0.05, 0.1) is 0 Å². The zero-order valence-corrected chi connectivity index (χ0v) is 54.8. The summed E-state index contributed by atoms with van der Waals surface area (Å²) < 4.78 is 50.0. The largest absolute Gasteiger partial charge is 2.00 e. The van der Waals surface area contributed by atoms with Crippen molar-refractivity contribution in [3.05, 3.63) is 116 Å². The van der Waals surface area contributed by atoms with E-state index in [9.17, 15) is 18.9 Å². The molecule has 0 aromatic heterocycles. The molecule has 0 saturated carbocycles. The fourth-order valence-electron chi connectivity index (χ4n) is 11.8. The van der Waals surface area contributed by atoms with Gasteiger partial charge in [-0.3, -0.25) is 0 Å². The van der Waals surface area contributed by atoms with Crippen molar-refractivity contribution in [2.45, 2.75) is 274 Å². The van der Waals surface area contributed by atoms with Gasteiger partial charge in [-0.05, 0) is 195 Å². The molecule has 79 heavy (non-hydrogen) atoms. The predicted octanol–water partition coefficient (Wildman–Crippen LogP) is 19.1. The summed E-state index contributed by atoms with van der Waals surface area (Å²) >= 11 is 0. The number of phosphoric acid groups is 2. The molecule has 0 spiro atoms. The van der Waals surface area contributed by atoms with Gasteiger partial charge >= 0.3 is 53.4 Å². The zero-order chi connectivity index (χ0) is 56.2. The van der Waals surface area contributed by atoms with E-state index in [-0.39, 0.29) is 37.7 Å². The Kier molecular flexibility index (Phi) is 33.1. The Morgan fingerprint density at radius 2 is 0.709 bits per heavy atom. The van der Waals surface area contributed by atoms with E-state index in [1.165, 1.54) is 73.6 Å². The molecule has 0 saturated heterocycles. The molecule has 0 amide bonds. The minimum absolute atomic E-state index is 0. The molecule has 2 aliphatic rings. The molecule has 4 aromatic rings. The quantitative estimate of drug-likeness (QED) is 0.0251. The smallest absolute Gasteiger partial charge is 0.736 e. The summed E-state index contributed by atoms with van der Waals surface area (Å²) in [7, 11) is -9.24. The number of aryl methyl sites for hydroxylation is 8. The van der Waals surface area contributed by atoms with Gasteiger partial charge in [-0.2, -0.15) is 0 Å². The first-order chi connectivity index (χ1) is 37.8. The number of hydrogen-bond acceptors (Lipinski definition) is 8. The van der Waals surface area contributed by atoms with E-state index in [4.69, 9.17) is 18.1 Å². The minimum Gasteiger partial charge on any atom is -0.736 e. The third-order valence-electron chi connectivity index (χ3n) is 16.1. The molecule has 4 unspecified atom stereocenters. The number of unbranched alkanes of at least 4 members (excludes halogenated alkanes) is 12. The monoisotopic (exact) mass is 1150 g/mol. The van der Waals surface area contributed by atoms with Gasteiger partial charge in [0.1, 0.15) is 23.0 Å².